The van der Waals surface area contributed by atoms with Crippen LogP contribution >= 0.6 is 11.8 Å². The largest absolute Gasteiger partial charge is 0.379 e. The number of hydrogen-bond donors (Lipinski definition) is 1. The Morgan fingerprint density at radius 3 is 3.00 bits per heavy atom. The number of nitrogens with two attached hydrogens (primary N) is 1. The Bertz CT molecular complexity index is 769. The second kappa shape index (κ2) is 6.20. The summed E-state index contributed by atoms with van der Waals surface area (Å²) in [5, 5.41) is 4.39. The maximum absolute atomic E-state index is 12.4. The van der Waals surface area contributed by atoms with Crippen LogP contribution in [0.2, 0.25) is 0 Å². The van der Waals surface area contributed by atoms with Crippen molar-refractivity contribution in [1.82, 2.24) is 5.16 Å². The number of rotatable bonds is 4. The molecule has 0 spiro atoms. The highest BCUT2D eigenvalue weighted by Gasteiger charge is 2.29. The van der Waals surface area contributed by atoms with Gasteiger partial charge in [-0.05, 0) is 31.4 Å². The van der Waals surface area contributed by atoms with E-state index >= 15 is 0 Å². The Hall–Kier alpha value is -2.08. The number of benzene rings is 1. The molecule has 1 aliphatic heterocycles. The summed E-state index contributed by atoms with van der Waals surface area (Å²) in [5.41, 5.74) is 8.79. The molecule has 1 aliphatic rings. The van der Waals surface area contributed by atoms with Crippen LogP contribution in [-0.2, 0) is 12.0 Å². The highest BCUT2D eigenvalue weighted by atomic mass is 32.2. The molecule has 0 fully saturated rings. The molecule has 5 nitrogen and oxygen atoms in total. The Morgan fingerprint density at radius 1 is 1.48 bits per heavy atom. The zero-order chi connectivity index (χ0) is 16.4. The topological polar surface area (TPSA) is 81.5 Å². The van der Waals surface area contributed by atoms with Crippen LogP contribution in [0.3, 0.4) is 0 Å². The molecular formula is C17H19N3O2S. The summed E-state index contributed by atoms with van der Waals surface area (Å²) < 4.78 is 4.85. The standard InChI is InChI=1S/C17H19N3O2S/c1-11-14(10-22-20-11)15(21)9-12-4-3-5-13(8-12)17(2)6-7-23-16(18)19-17/h3-5,8,10H,6-7,9H2,1-2H3,(H2,18,19). The lowest BCUT2D eigenvalue weighted by molar-refractivity contribution is 0.0992. The van der Waals surface area contributed by atoms with E-state index < -0.39 is 0 Å². The van der Waals surface area contributed by atoms with Crippen LogP contribution in [0.5, 0.6) is 0 Å². The molecule has 0 radical (unpaired) electrons. The van der Waals surface area contributed by atoms with E-state index in [0.29, 0.717) is 22.8 Å². The van der Waals surface area contributed by atoms with Crippen LogP contribution in [0.1, 0.15) is 40.5 Å². The van der Waals surface area contributed by atoms with E-state index in [4.69, 9.17) is 10.3 Å². The first-order chi connectivity index (χ1) is 11.0. The molecule has 2 aromatic rings. The minimum atomic E-state index is -0.318. The number of aromatic nitrogens is 1. The lowest BCUT2D eigenvalue weighted by Crippen LogP contribution is -2.28. The molecule has 3 rings (SSSR count). The van der Waals surface area contributed by atoms with Crippen molar-refractivity contribution in [3.63, 3.8) is 0 Å². The zero-order valence-electron chi connectivity index (χ0n) is 13.2. The number of carbonyl (C=O) groups is 1. The van der Waals surface area contributed by atoms with Crippen molar-refractivity contribution >= 4 is 22.7 Å². The Balaban J connectivity index is 1.85. The van der Waals surface area contributed by atoms with Crippen LogP contribution in [0, 0.1) is 6.92 Å². The fraction of sp³-hybridized carbons (Fsp3) is 0.353. The van der Waals surface area contributed by atoms with Crippen LogP contribution in [0.15, 0.2) is 40.0 Å². The normalized spacial score (nSPS) is 21.0. The maximum atomic E-state index is 12.4. The van der Waals surface area contributed by atoms with Gasteiger partial charge in [0.2, 0.25) is 0 Å². The molecule has 23 heavy (non-hydrogen) atoms. The first kappa shape index (κ1) is 15.8. The summed E-state index contributed by atoms with van der Waals surface area (Å²) in [6.45, 7) is 3.86. The molecule has 0 saturated heterocycles. The van der Waals surface area contributed by atoms with Crippen LogP contribution in [0.4, 0.5) is 0 Å². The van der Waals surface area contributed by atoms with Crippen molar-refractivity contribution in [2.75, 3.05) is 5.75 Å². The van der Waals surface area contributed by atoms with Gasteiger partial charge >= 0.3 is 0 Å². The monoisotopic (exact) mass is 329 g/mol. The molecule has 1 aromatic carbocycles. The number of aliphatic imine (C=N–C) groups is 1. The average molecular weight is 329 g/mol. The highest BCUT2D eigenvalue weighted by Crippen LogP contribution is 2.35. The van der Waals surface area contributed by atoms with Gasteiger partial charge < -0.3 is 10.3 Å². The summed E-state index contributed by atoms with van der Waals surface area (Å²) in [6.07, 6.45) is 2.66. The predicted molar refractivity (Wildman–Crippen MR) is 91.8 cm³/mol. The van der Waals surface area contributed by atoms with E-state index in [1.54, 1.807) is 18.7 Å². The third-order valence-corrected chi connectivity index (χ3v) is 4.96. The number of carbonyl (C=O) groups excluding carboxylic acids is 1. The van der Waals surface area contributed by atoms with E-state index in [9.17, 15) is 4.79 Å². The van der Waals surface area contributed by atoms with E-state index in [-0.39, 0.29) is 11.3 Å². The SMILES string of the molecule is Cc1nocc1C(=O)Cc1cccc(C2(C)CCSC(N)=N2)c1. The molecule has 2 N–H and O–H groups in total. The molecule has 6 heteroatoms. The van der Waals surface area contributed by atoms with Gasteiger partial charge in [-0.3, -0.25) is 9.79 Å². The number of thioether (sulfide) groups is 1. The molecule has 2 heterocycles. The summed E-state index contributed by atoms with van der Waals surface area (Å²) in [5.74, 6) is 0.961. The third kappa shape index (κ3) is 3.32. The van der Waals surface area contributed by atoms with Gasteiger partial charge in [-0.2, -0.15) is 0 Å². The van der Waals surface area contributed by atoms with E-state index in [2.05, 4.69) is 17.1 Å². The molecule has 1 atom stereocenters. The first-order valence-electron chi connectivity index (χ1n) is 7.50. The lowest BCUT2D eigenvalue weighted by atomic mass is 9.88. The van der Waals surface area contributed by atoms with Gasteiger partial charge in [0, 0.05) is 12.2 Å². The van der Waals surface area contributed by atoms with Gasteiger partial charge in [-0.15, -0.1) is 0 Å². The minimum absolute atomic E-state index is 0.00766. The van der Waals surface area contributed by atoms with Crippen LogP contribution in [-0.4, -0.2) is 21.9 Å². The number of Topliss-reactive ketones (excluding diaryl/α,β-unsaturated/α-hetero) is 1. The zero-order valence-corrected chi connectivity index (χ0v) is 14.0. The summed E-state index contributed by atoms with van der Waals surface area (Å²) in [4.78, 5) is 17.0. The summed E-state index contributed by atoms with van der Waals surface area (Å²) in [6, 6.07) is 8.02. The van der Waals surface area contributed by atoms with Crippen molar-refractivity contribution in [3.05, 3.63) is 52.9 Å². The lowest BCUT2D eigenvalue weighted by Gasteiger charge is -2.30. The fourth-order valence-corrected chi connectivity index (χ4v) is 3.73. The van der Waals surface area contributed by atoms with Crippen molar-refractivity contribution in [3.8, 4) is 0 Å². The summed E-state index contributed by atoms with van der Waals surface area (Å²) in [7, 11) is 0. The number of hydrogen-bond acceptors (Lipinski definition) is 6. The number of nitrogens with zero attached hydrogens (tertiary/aromatic N) is 2. The summed E-state index contributed by atoms with van der Waals surface area (Å²) >= 11 is 1.59. The fourth-order valence-electron chi connectivity index (χ4n) is 2.75. The van der Waals surface area contributed by atoms with Crippen molar-refractivity contribution in [2.45, 2.75) is 32.2 Å². The third-order valence-electron chi connectivity index (χ3n) is 4.16. The predicted octanol–water partition coefficient (Wildman–Crippen LogP) is 3.08. The Kier molecular flexibility index (Phi) is 4.26. The van der Waals surface area contributed by atoms with Crippen LogP contribution in [0.25, 0.3) is 0 Å². The van der Waals surface area contributed by atoms with Gasteiger partial charge in [-0.1, -0.05) is 41.2 Å². The molecule has 0 saturated carbocycles. The van der Waals surface area contributed by atoms with Crippen molar-refractivity contribution in [1.29, 1.82) is 0 Å². The average Bonchev–Trinajstić information content (AvgIpc) is 2.93. The molecule has 1 aromatic heterocycles. The van der Waals surface area contributed by atoms with Gasteiger partial charge in [0.25, 0.3) is 0 Å². The van der Waals surface area contributed by atoms with E-state index in [1.165, 1.54) is 6.26 Å². The van der Waals surface area contributed by atoms with Gasteiger partial charge in [0.05, 0.1) is 16.8 Å². The van der Waals surface area contributed by atoms with Gasteiger partial charge in [-0.25, -0.2) is 0 Å². The second-order valence-corrected chi connectivity index (χ2v) is 7.05. The molecule has 1 unspecified atom stereocenters. The van der Waals surface area contributed by atoms with Crippen molar-refractivity contribution in [2.24, 2.45) is 10.7 Å². The minimum Gasteiger partial charge on any atom is -0.379 e. The van der Waals surface area contributed by atoms with Gasteiger partial charge in [0.15, 0.2) is 11.0 Å². The Morgan fingerprint density at radius 2 is 2.30 bits per heavy atom. The molecule has 0 amide bonds. The molecular weight excluding hydrogens is 310 g/mol. The highest BCUT2D eigenvalue weighted by molar-refractivity contribution is 8.13. The van der Waals surface area contributed by atoms with Gasteiger partial charge in [0.1, 0.15) is 6.26 Å². The van der Waals surface area contributed by atoms with Crippen LogP contribution < -0.4 is 5.73 Å². The Labute approximate surface area is 139 Å². The van der Waals surface area contributed by atoms with E-state index in [0.717, 1.165) is 23.3 Å². The molecule has 0 aliphatic carbocycles. The molecule has 120 valence electrons. The second-order valence-electron chi connectivity index (χ2n) is 5.94. The smallest absolute Gasteiger partial charge is 0.172 e. The number of ketones is 1. The first-order valence-corrected chi connectivity index (χ1v) is 8.48. The molecule has 0 bridgehead atoms. The maximum Gasteiger partial charge on any atom is 0.172 e. The van der Waals surface area contributed by atoms with E-state index in [1.807, 2.05) is 24.3 Å². The van der Waals surface area contributed by atoms with Crippen molar-refractivity contribution < 1.29 is 9.32 Å². The number of amidine groups is 1. The quantitative estimate of drug-likeness (QED) is 0.872. The number of aryl methyl sites for hydroxylation is 1.